The number of aryl methyl sites for hydroxylation is 1. The van der Waals surface area contributed by atoms with Gasteiger partial charge in [-0.15, -0.1) is 0 Å². The molecule has 102 valence electrons. The van der Waals surface area contributed by atoms with Crippen LogP contribution < -0.4 is 5.32 Å². The molecule has 0 spiro atoms. The van der Waals surface area contributed by atoms with Crippen LogP contribution in [-0.4, -0.2) is 26.3 Å². The molecule has 0 saturated heterocycles. The first-order chi connectivity index (χ1) is 9.72. The number of hydrogen-bond donors (Lipinski definition) is 1. The van der Waals surface area contributed by atoms with Crippen molar-refractivity contribution in [1.82, 2.24) is 19.7 Å². The number of aromatic nitrogens is 4. The van der Waals surface area contributed by atoms with Gasteiger partial charge < -0.3 is 5.32 Å². The van der Waals surface area contributed by atoms with E-state index in [0.717, 1.165) is 39.9 Å². The Labute approximate surface area is 125 Å². The molecule has 0 aliphatic rings. The van der Waals surface area contributed by atoms with E-state index in [1.54, 1.807) is 12.4 Å². The Hall–Kier alpha value is -1.95. The molecule has 0 aromatic carbocycles. The fraction of sp³-hybridized carbons (Fsp3) is 0.214. The zero-order valence-electron chi connectivity index (χ0n) is 11.0. The maximum Gasteiger partial charge on any atom is 0.112 e. The van der Waals surface area contributed by atoms with E-state index in [-0.39, 0.29) is 0 Å². The predicted octanol–water partition coefficient (Wildman–Crippen LogP) is 2.78. The van der Waals surface area contributed by atoms with Gasteiger partial charge in [-0.1, -0.05) is 0 Å². The molecule has 6 heteroatoms. The highest BCUT2D eigenvalue weighted by Gasteiger charge is 2.04. The first-order valence-electron chi connectivity index (χ1n) is 6.35. The monoisotopic (exact) mass is 331 g/mol. The third-order valence-corrected chi connectivity index (χ3v) is 3.44. The molecule has 3 aromatic heterocycles. The molecular weight excluding hydrogens is 318 g/mol. The van der Waals surface area contributed by atoms with Gasteiger partial charge >= 0.3 is 0 Å². The molecule has 0 bridgehead atoms. The largest absolute Gasteiger partial charge is 0.383 e. The van der Waals surface area contributed by atoms with E-state index in [0.29, 0.717) is 0 Å². The number of halogens is 1. The Bertz CT molecular complexity index is 737. The number of nitrogens with zero attached hydrogens (tertiary/aromatic N) is 4. The summed E-state index contributed by atoms with van der Waals surface area (Å²) < 4.78 is 2.75. The summed E-state index contributed by atoms with van der Waals surface area (Å²) in [7, 11) is 1.93. The van der Waals surface area contributed by atoms with Crippen LogP contribution in [0.15, 0.2) is 41.3 Å². The Morgan fingerprint density at radius 1 is 1.30 bits per heavy atom. The Morgan fingerprint density at radius 2 is 2.20 bits per heavy atom. The lowest BCUT2D eigenvalue weighted by atomic mass is 10.2. The minimum Gasteiger partial charge on any atom is -0.383 e. The first-order valence-corrected chi connectivity index (χ1v) is 7.14. The fourth-order valence-corrected chi connectivity index (χ4v) is 2.39. The van der Waals surface area contributed by atoms with Crippen LogP contribution in [0.1, 0.15) is 5.69 Å². The lowest BCUT2D eigenvalue weighted by Crippen LogP contribution is -2.06. The van der Waals surface area contributed by atoms with Crippen molar-refractivity contribution in [2.24, 2.45) is 7.05 Å². The summed E-state index contributed by atoms with van der Waals surface area (Å²) in [6.45, 7) is 0.813. The van der Waals surface area contributed by atoms with Crippen LogP contribution in [-0.2, 0) is 13.5 Å². The van der Waals surface area contributed by atoms with Gasteiger partial charge in [-0.25, -0.2) is 0 Å². The molecule has 0 atom stereocenters. The molecule has 0 radical (unpaired) electrons. The first kappa shape index (κ1) is 13.1. The second kappa shape index (κ2) is 5.58. The van der Waals surface area contributed by atoms with Gasteiger partial charge in [0.05, 0.1) is 16.9 Å². The minimum atomic E-state index is 0.813. The lowest BCUT2D eigenvalue weighted by molar-refractivity contribution is 0.742. The third-order valence-electron chi connectivity index (χ3n) is 3.01. The Balaban J connectivity index is 1.74. The smallest absolute Gasteiger partial charge is 0.112 e. The van der Waals surface area contributed by atoms with Gasteiger partial charge in [0.15, 0.2) is 0 Å². The molecule has 0 saturated carbocycles. The van der Waals surface area contributed by atoms with Gasteiger partial charge in [0.2, 0.25) is 0 Å². The zero-order chi connectivity index (χ0) is 13.9. The summed E-state index contributed by atoms with van der Waals surface area (Å²) in [6, 6.07) is 5.94. The number of rotatable bonds is 4. The van der Waals surface area contributed by atoms with E-state index >= 15 is 0 Å². The highest BCUT2D eigenvalue weighted by atomic mass is 79.9. The number of nitrogens with one attached hydrogen (secondary N) is 1. The van der Waals surface area contributed by atoms with Gasteiger partial charge in [-0.3, -0.25) is 14.6 Å². The van der Waals surface area contributed by atoms with Crippen LogP contribution in [0.25, 0.3) is 11.0 Å². The van der Waals surface area contributed by atoms with Crippen LogP contribution in [0, 0.1) is 0 Å². The van der Waals surface area contributed by atoms with Crippen molar-refractivity contribution in [1.29, 1.82) is 0 Å². The van der Waals surface area contributed by atoms with Crippen molar-refractivity contribution in [3.63, 3.8) is 0 Å². The molecule has 1 N–H and O–H groups in total. The minimum absolute atomic E-state index is 0.813. The van der Waals surface area contributed by atoms with Gasteiger partial charge in [0, 0.05) is 43.1 Å². The average Bonchev–Trinajstić information content (AvgIpc) is 2.84. The number of hydrogen-bond acceptors (Lipinski definition) is 4. The summed E-state index contributed by atoms with van der Waals surface area (Å²) in [6.07, 6.45) is 6.41. The van der Waals surface area contributed by atoms with Gasteiger partial charge in [0.25, 0.3) is 0 Å². The van der Waals surface area contributed by atoms with Gasteiger partial charge in [0.1, 0.15) is 5.52 Å². The van der Waals surface area contributed by atoms with Crippen LogP contribution in [0.4, 0.5) is 5.69 Å². The van der Waals surface area contributed by atoms with Gasteiger partial charge in [-0.05, 0) is 34.1 Å². The summed E-state index contributed by atoms with van der Waals surface area (Å²) in [5.41, 5.74) is 3.84. The molecule has 0 aliphatic heterocycles. The molecule has 3 aromatic rings. The molecule has 20 heavy (non-hydrogen) atoms. The summed E-state index contributed by atoms with van der Waals surface area (Å²) in [5.74, 6) is 0. The number of fused-ring (bicyclic) bond motifs is 1. The molecule has 5 nitrogen and oxygen atoms in total. The molecule has 0 amide bonds. The van der Waals surface area contributed by atoms with E-state index in [1.807, 2.05) is 36.1 Å². The standard InChI is InChI=1S/C14H14BrN5/c1-20-7-4-11(19-20)2-5-16-12-3-6-17-13-8-10(15)9-18-14(12)13/h3-4,6-9H,2,5H2,1H3,(H,16,17). The average molecular weight is 332 g/mol. The third kappa shape index (κ3) is 2.80. The van der Waals surface area contributed by atoms with Crippen LogP contribution >= 0.6 is 15.9 Å². The van der Waals surface area contributed by atoms with Crippen LogP contribution in [0.3, 0.4) is 0 Å². The van der Waals surface area contributed by atoms with E-state index in [4.69, 9.17) is 0 Å². The number of anilines is 1. The fourth-order valence-electron chi connectivity index (χ4n) is 2.07. The Kier molecular flexibility index (Phi) is 3.64. The highest BCUT2D eigenvalue weighted by molar-refractivity contribution is 9.10. The molecule has 0 unspecified atom stereocenters. The topological polar surface area (TPSA) is 55.6 Å². The van der Waals surface area contributed by atoms with Crippen molar-refractivity contribution in [2.45, 2.75) is 6.42 Å². The maximum absolute atomic E-state index is 4.42. The second-order valence-electron chi connectivity index (χ2n) is 4.54. The van der Waals surface area contributed by atoms with E-state index in [9.17, 15) is 0 Å². The van der Waals surface area contributed by atoms with Gasteiger partial charge in [-0.2, -0.15) is 5.10 Å². The van der Waals surface area contributed by atoms with E-state index in [1.165, 1.54) is 0 Å². The molecule has 0 aliphatic carbocycles. The van der Waals surface area contributed by atoms with E-state index in [2.05, 4.69) is 36.3 Å². The van der Waals surface area contributed by atoms with Crippen molar-refractivity contribution in [2.75, 3.05) is 11.9 Å². The molecular formula is C14H14BrN5. The summed E-state index contributed by atoms with van der Waals surface area (Å²) in [4.78, 5) is 8.74. The number of pyridine rings is 2. The normalized spacial score (nSPS) is 10.9. The molecule has 0 fully saturated rings. The SMILES string of the molecule is Cn1ccc(CCNc2ccnc3cc(Br)cnc23)n1. The van der Waals surface area contributed by atoms with Crippen molar-refractivity contribution in [3.05, 3.63) is 47.0 Å². The predicted molar refractivity (Wildman–Crippen MR) is 82.6 cm³/mol. The highest BCUT2D eigenvalue weighted by Crippen LogP contribution is 2.21. The zero-order valence-corrected chi connectivity index (χ0v) is 12.6. The van der Waals surface area contributed by atoms with Crippen LogP contribution in [0.2, 0.25) is 0 Å². The van der Waals surface area contributed by atoms with E-state index < -0.39 is 0 Å². The van der Waals surface area contributed by atoms with Crippen molar-refractivity contribution >= 4 is 32.7 Å². The van der Waals surface area contributed by atoms with Crippen molar-refractivity contribution in [3.8, 4) is 0 Å². The Morgan fingerprint density at radius 3 is 3.00 bits per heavy atom. The summed E-state index contributed by atoms with van der Waals surface area (Å²) in [5, 5.41) is 7.76. The summed E-state index contributed by atoms with van der Waals surface area (Å²) >= 11 is 3.41. The second-order valence-corrected chi connectivity index (χ2v) is 5.45. The van der Waals surface area contributed by atoms with Crippen molar-refractivity contribution < 1.29 is 0 Å². The molecule has 3 heterocycles. The quantitative estimate of drug-likeness (QED) is 0.798. The van der Waals surface area contributed by atoms with Crippen LogP contribution in [0.5, 0.6) is 0 Å². The maximum atomic E-state index is 4.42. The molecule has 3 rings (SSSR count). The lowest BCUT2D eigenvalue weighted by Gasteiger charge is -2.08.